The molecule has 3 heteroatoms. The van der Waals surface area contributed by atoms with E-state index in [0.717, 1.165) is 5.69 Å². The van der Waals surface area contributed by atoms with Crippen LogP contribution in [0.2, 0.25) is 0 Å². The van der Waals surface area contributed by atoms with Crippen molar-refractivity contribution < 1.29 is 4.79 Å². The first-order valence-electron chi connectivity index (χ1n) is 4.38. The molecule has 0 aliphatic rings. The van der Waals surface area contributed by atoms with Gasteiger partial charge in [-0.3, -0.25) is 9.78 Å². The molecule has 0 radical (unpaired) electrons. The molecule has 0 aliphatic carbocycles. The van der Waals surface area contributed by atoms with Crippen LogP contribution in [0, 0.1) is 0 Å². The number of hydrogen-bond donors (Lipinski definition) is 0. The normalized spacial score (nSPS) is 10.1. The summed E-state index contributed by atoms with van der Waals surface area (Å²) >= 11 is 0. The molecule has 0 aromatic carbocycles. The Labute approximate surface area is 82.0 Å². The Morgan fingerprint density at radius 2 is 2.07 bits per heavy atom. The fourth-order valence-corrected chi connectivity index (χ4v) is 1.28. The van der Waals surface area contributed by atoms with Crippen LogP contribution < -0.4 is 0 Å². The van der Waals surface area contributed by atoms with Crippen LogP contribution in [-0.4, -0.2) is 15.3 Å². The van der Waals surface area contributed by atoms with Crippen molar-refractivity contribution in [3.8, 4) is 5.69 Å². The average Bonchev–Trinajstić information content (AvgIpc) is 2.71. The van der Waals surface area contributed by atoms with Gasteiger partial charge in [0.2, 0.25) is 0 Å². The maximum atomic E-state index is 11.1. The lowest BCUT2D eigenvalue weighted by atomic mass is 10.2. The Morgan fingerprint density at radius 3 is 2.71 bits per heavy atom. The van der Waals surface area contributed by atoms with Crippen LogP contribution in [0.5, 0.6) is 0 Å². The van der Waals surface area contributed by atoms with Crippen LogP contribution in [0.4, 0.5) is 0 Å². The van der Waals surface area contributed by atoms with Gasteiger partial charge in [0, 0.05) is 31.2 Å². The number of pyridine rings is 1. The van der Waals surface area contributed by atoms with Crippen LogP contribution in [0.1, 0.15) is 17.4 Å². The fraction of sp³-hybridized carbons (Fsp3) is 0.0909. The van der Waals surface area contributed by atoms with E-state index in [1.54, 1.807) is 12.3 Å². The van der Waals surface area contributed by atoms with E-state index in [1.165, 1.54) is 6.92 Å². The van der Waals surface area contributed by atoms with Crippen LogP contribution in [-0.2, 0) is 0 Å². The Hall–Kier alpha value is -1.90. The molecule has 0 aliphatic heterocycles. The van der Waals surface area contributed by atoms with Crippen molar-refractivity contribution in [2.75, 3.05) is 0 Å². The first kappa shape index (κ1) is 8.69. The summed E-state index contributed by atoms with van der Waals surface area (Å²) in [5, 5.41) is 0. The number of carbonyl (C=O) groups excluding carboxylic acids is 1. The maximum Gasteiger partial charge on any atom is 0.178 e. The molecule has 14 heavy (non-hydrogen) atoms. The number of carbonyl (C=O) groups is 1. The van der Waals surface area contributed by atoms with Gasteiger partial charge in [0.05, 0.1) is 0 Å². The van der Waals surface area contributed by atoms with Crippen molar-refractivity contribution in [1.82, 2.24) is 9.55 Å². The summed E-state index contributed by atoms with van der Waals surface area (Å²) in [6.07, 6.45) is 5.50. The van der Waals surface area contributed by atoms with Gasteiger partial charge in [-0.2, -0.15) is 0 Å². The van der Waals surface area contributed by atoms with Gasteiger partial charge in [0.25, 0.3) is 0 Å². The van der Waals surface area contributed by atoms with Crippen molar-refractivity contribution in [2.45, 2.75) is 6.92 Å². The van der Waals surface area contributed by atoms with Gasteiger partial charge < -0.3 is 4.57 Å². The number of ketones is 1. The van der Waals surface area contributed by atoms with Gasteiger partial charge in [0.15, 0.2) is 5.78 Å². The molecule has 3 nitrogen and oxygen atoms in total. The quantitative estimate of drug-likeness (QED) is 0.673. The average molecular weight is 186 g/mol. The molecule has 0 saturated carbocycles. The first-order chi connectivity index (χ1) is 6.77. The van der Waals surface area contributed by atoms with E-state index in [0.29, 0.717) is 5.69 Å². The first-order valence-corrected chi connectivity index (χ1v) is 4.38. The predicted octanol–water partition coefficient (Wildman–Crippen LogP) is 2.07. The minimum Gasteiger partial charge on any atom is -0.324 e. The monoisotopic (exact) mass is 186 g/mol. The van der Waals surface area contributed by atoms with Gasteiger partial charge in [-0.05, 0) is 24.3 Å². The lowest BCUT2D eigenvalue weighted by molar-refractivity contribution is 0.101. The van der Waals surface area contributed by atoms with Crippen molar-refractivity contribution >= 4 is 5.78 Å². The largest absolute Gasteiger partial charge is 0.324 e. The lowest BCUT2D eigenvalue weighted by Gasteiger charge is -2.02. The molecular formula is C11H10N2O. The predicted molar refractivity (Wildman–Crippen MR) is 53.6 cm³/mol. The third kappa shape index (κ3) is 1.57. The van der Waals surface area contributed by atoms with Gasteiger partial charge in [-0.15, -0.1) is 0 Å². The zero-order valence-electron chi connectivity index (χ0n) is 7.84. The number of nitrogens with zero attached hydrogens (tertiary/aromatic N) is 2. The van der Waals surface area contributed by atoms with E-state index in [9.17, 15) is 4.79 Å². The van der Waals surface area contributed by atoms with E-state index < -0.39 is 0 Å². The third-order valence-corrected chi connectivity index (χ3v) is 2.01. The van der Waals surface area contributed by atoms with E-state index in [1.807, 2.05) is 35.2 Å². The summed E-state index contributed by atoms with van der Waals surface area (Å²) in [6.45, 7) is 1.52. The maximum absolute atomic E-state index is 11.1. The molecule has 0 bridgehead atoms. The second kappa shape index (κ2) is 3.46. The Kier molecular flexibility index (Phi) is 2.14. The minimum atomic E-state index is -0.0148. The van der Waals surface area contributed by atoms with E-state index in [4.69, 9.17) is 0 Å². The number of hydrogen-bond acceptors (Lipinski definition) is 2. The molecule has 0 atom stereocenters. The summed E-state index contributed by atoms with van der Waals surface area (Å²) in [4.78, 5) is 15.1. The van der Waals surface area contributed by atoms with Gasteiger partial charge in [-0.1, -0.05) is 0 Å². The summed E-state index contributed by atoms with van der Waals surface area (Å²) in [5.41, 5.74) is 1.45. The van der Waals surface area contributed by atoms with E-state index >= 15 is 0 Å². The van der Waals surface area contributed by atoms with Gasteiger partial charge in [0.1, 0.15) is 5.69 Å². The topological polar surface area (TPSA) is 34.9 Å². The van der Waals surface area contributed by atoms with Crippen molar-refractivity contribution in [3.63, 3.8) is 0 Å². The molecule has 2 aromatic rings. The summed E-state index contributed by atoms with van der Waals surface area (Å²) < 4.78 is 1.94. The Bertz CT molecular complexity index is 446. The van der Waals surface area contributed by atoms with Crippen LogP contribution in [0.3, 0.4) is 0 Å². The molecule has 0 unspecified atom stereocenters. The van der Waals surface area contributed by atoms with Crippen molar-refractivity contribution in [2.24, 2.45) is 0 Å². The molecule has 0 spiro atoms. The molecule has 2 rings (SSSR count). The summed E-state index contributed by atoms with van der Waals surface area (Å²) in [5.74, 6) is -0.0148. The summed E-state index contributed by atoms with van der Waals surface area (Å²) in [6, 6.07) is 7.52. The Morgan fingerprint density at radius 1 is 1.36 bits per heavy atom. The highest BCUT2D eigenvalue weighted by atomic mass is 16.1. The number of Topliss-reactive ketones (excluding diaryl/α,β-unsaturated/α-hetero) is 1. The van der Waals surface area contributed by atoms with E-state index in [2.05, 4.69) is 4.98 Å². The molecule has 70 valence electrons. The zero-order valence-corrected chi connectivity index (χ0v) is 7.84. The minimum absolute atomic E-state index is 0.0148. The van der Waals surface area contributed by atoms with Crippen molar-refractivity contribution in [1.29, 1.82) is 0 Å². The molecule has 2 heterocycles. The fourth-order valence-electron chi connectivity index (χ4n) is 1.28. The van der Waals surface area contributed by atoms with Gasteiger partial charge in [-0.25, -0.2) is 0 Å². The molecule has 0 amide bonds. The Balaban J connectivity index is 2.46. The molecule has 0 saturated heterocycles. The van der Waals surface area contributed by atoms with E-state index in [-0.39, 0.29) is 5.78 Å². The highest BCUT2D eigenvalue weighted by molar-refractivity contribution is 5.92. The molecule has 0 N–H and O–H groups in total. The second-order valence-corrected chi connectivity index (χ2v) is 3.05. The highest BCUT2D eigenvalue weighted by Crippen LogP contribution is 2.08. The van der Waals surface area contributed by atoms with Crippen molar-refractivity contribution in [3.05, 3.63) is 48.5 Å². The van der Waals surface area contributed by atoms with Crippen LogP contribution in [0.15, 0.2) is 42.9 Å². The highest BCUT2D eigenvalue weighted by Gasteiger charge is 2.02. The number of rotatable bonds is 2. The second-order valence-electron chi connectivity index (χ2n) is 3.05. The summed E-state index contributed by atoms with van der Waals surface area (Å²) in [7, 11) is 0. The molecule has 0 fully saturated rings. The number of aromatic nitrogens is 2. The smallest absolute Gasteiger partial charge is 0.178 e. The third-order valence-electron chi connectivity index (χ3n) is 2.01. The van der Waals surface area contributed by atoms with Crippen LogP contribution in [0.25, 0.3) is 5.69 Å². The molecular weight excluding hydrogens is 176 g/mol. The van der Waals surface area contributed by atoms with Gasteiger partial charge >= 0.3 is 0 Å². The SMILES string of the molecule is CC(=O)c1cc(-n2cccc2)ccn1. The van der Waals surface area contributed by atoms with Crippen LogP contribution >= 0.6 is 0 Å². The lowest BCUT2D eigenvalue weighted by Crippen LogP contribution is -1.98. The molecule has 2 aromatic heterocycles. The zero-order chi connectivity index (χ0) is 9.97. The standard InChI is InChI=1S/C11H10N2O/c1-9(14)11-8-10(4-5-12-11)13-6-2-3-7-13/h2-8H,1H3.